The largest absolute Gasteiger partial charge is 0.416 e. The molecule has 8 heteroatoms. The van der Waals surface area contributed by atoms with Crippen molar-refractivity contribution in [2.75, 3.05) is 0 Å². The Morgan fingerprint density at radius 2 is 1.19 bits per heavy atom. The highest BCUT2D eigenvalue weighted by atomic mass is 79.9. The van der Waals surface area contributed by atoms with Gasteiger partial charge in [0.25, 0.3) is 0 Å². The number of rotatable bonds is 1. The Hall–Kier alpha value is -1.83. The first-order valence-electron chi connectivity index (χ1n) is 7.24. The second-order valence-electron chi connectivity index (χ2n) is 5.66. The summed E-state index contributed by atoms with van der Waals surface area (Å²) in [5.41, 5.74) is -0.267. The molecule has 0 aliphatic carbocycles. The first-order valence-corrected chi connectivity index (χ1v) is 8.03. The number of benzene rings is 2. The van der Waals surface area contributed by atoms with Crippen molar-refractivity contribution in [1.29, 1.82) is 0 Å². The second kappa shape index (κ2) is 8.24. The van der Waals surface area contributed by atoms with Gasteiger partial charge in [-0.25, -0.2) is 0 Å². The summed E-state index contributed by atoms with van der Waals surface area (Å²) in [6.45, 7) is 4.40. The minimum Gasteiger partial charge on any atom is -0.295 e. The van der Waals surface area contributed by atoms with Gasteiger partial charge in [0.05, 0.1) is 11.1 Å². The molecule has 0 fully saturated rings. The molecule has 0 unspecified atom stereocenters. The maximum Gasteiger partial charge on any atom is 0.416 e. The van der Waals surface area contributed by atoms with Crippen molar-refractivity contribution < 1.29 is 31.1 Å². The lowest BCUT2D eigenvalue weighted by atomic mass is 10.0. The van der Waals surface area contributed by atoms with Gasteiger partial charge in [0.1, 0.15) is 0 Å². The molecular formula is C18H15BrF6O. The minimum atomic E-state index is -4.39. The van der Waals surface area contributed by atoms with E-state index >= 15 is 0 Å². The molecule has 0 bridgehead atoms. The van der Waals surface area contributed by atoms with Gasteiger partial charge < -0.3 is 0 Å². The van der Waals surface area contributed by atoms with Crippen LogP contribution in [0.25, 0.3) is 0 Å². The van der Waals surface area contributed by atoms with E-state index in [9.17, 15) is 31.1 Å². The molecular weight excluding hydrogens is 426 g/mol. The number of alkyl halides is 6. The first kappa shape index (κ1) is 22.2. The van der Waals surface area contributed by atoms with Crippen LogP contribution in [0, 0.1) is 13.8 Å². The number of ketones is 1. The summed E-state index contributed by atoms with van der Waals surface area (Å²) in [5, 5.41) is 0. The van der Waals surface area contributed by atoms with Crippen LogP contribution in [0.3, 0.4) is 0 Å². The van der Waals surface area contributed by atoms with E-state index in [1.165, 1.54) is 19.9 Å². The van der Waals surface area contributed by atoms with E-state index in [4.69, 9.17) is 0 Å². The fourth-order valence-electron chi connectivity index (χ4n) is 2.05. The molecule has 0 saturated carbocycles. The molecule has 2 aromatic rings. The van der Waals surface area contributed by atoms with E-state index in [-0.39, 0.29) is 11.3 Å². The van der Waals surface area contributed by atoms with Gasteiger partial charge in [0.15, 0.2) is 5.78 Å². The fraction of sp³-hybridized carbons (Fsp3) is 0.278. The molecule has 0 atom stereocenters. The Labute approximate surface area is 155 Å². The molecule has 0 heterocycles. The van der Waals surface area contributed by atoms with Gasteiger partial charge in [0.2, 0.25) is 0 Å². The molecule has 0 saturated heterocycles. The first-order chi connectivity index (χ1) is 11.7. The zero-order chi connectivity index (χ0) is 20.3. The van der Waals surface area contributed by atoms with Gasteiger partial charge in [-0.1, -0.05) is 15.9 Å². The standard InChI is InChI=1S/C10H9F3O.C8H6BrF3/c1-6-3-8(7(2)14)5-9(4-6)10(11,12)13;1-5-2-6(8(10,11)12)4-7(9)3-5/h3-5H,1-2H3;2-4H,1H3. The molecule has 0 radical (unpaired) electrons. The lowest BCUT2D eigenvalue weighted by Gasteiger charge is -2.08. The molecule has 0 aliphatic heterocycles. The van der Waals surface area contributed by atoms with E-state index in [2.05, 4.69) is 15.9 Å². The highest BCUT2D eigenvalue weighted by molar-refractivity contribution is 9.10. The smallest absolute Gasteiger partial charge is 0.295 e. The van der Waals surface area contributed by atoms with Gasteiger partial charge in [-0.05, 0) is 68.3 Å². The Balaban J connectivity index is 0.000000263. The number of carbonyl (C=O) groups is 1. The lowest BCUT2D eigenvalue weighted by molar-refractivity contribution is -0.138. The van der Waals surface area contributed by atoms with Crippen LogP contribution < -0.4 is 0 Å². The van der Waals surface area contributed by atoms with Crippen molar-refractivity contribution in [3.8, 4) is 0 Å². The summed E-state index contributed by atoms with van der Waals surface area (Å²) in [4.78, 5) is 10.9. The zero-order valence-corrected chi connectivity index (χ0v) is 15.6. The molecule has 0 aromatic heterocycles. The summed E-state index contributed by atoms with van der Waals surface area (Å²) in [6.07, 6.45) is -8.65. The van der Waals surface area contributed by atoms with E-state index in [1.54, 1.807) is 13.0 Å². The molecule has 2 rings (SSSR count). The van der Waals surface area contributed by atoms with E-state index in [0.717, 1.165) is 24.3 Å². The number of carbonyl (C=O) groups excluding carboxylic acids is 1. The average molecular weight is 441 g/mol. The van der Waals surface area contributed by atoms with Gasteiger partial charge in [0, 0.05) is 10.0 Å². The number of Topliss-reactive ketones (excluding diaryl/α,β-unsaturated/α-hetero) is 1. The van der Waals surface area contributed by atoms with Crippen LogP contribution in [0.1, 0.15) is 39.5 Å². The Bertz CT molecular complexity index is 773. The Morgan fingerprint density at radius 1 is 0.769 bits per heavy atom. The van der Waals surface area contributed by atoms with Gasteiger partial charge in [-0.2, -0.15) is 26.3 Å². The zero-order valence-electron chi connectivity index (χ0n) is 14.0. The van der Waals surface area contributed by atoms with Crippen LogP contribution in [-0.4, -0.2) is 5.78 Å². The molecule has 142 valence electrons. The summed E-state index contributed by atoms with van der Waals surface area (Å²) >= 11 is 3.01. The fourth-order valence-corrected chi connectivity index (χ4v) is 2.66. The van der Waals surface area contributed by atoms with E-state index < -0.39 is 23.5 Å². The van der Waals surface area contributed by atoms with Crippen LogP contribution in [0.4, 0.5) is 26.3 Å². The topological polar surface area (TPSA) is 17.1 Å². The molecule has 2 aromatic carbocycles. The van der Waals surface area contributed by atoms with Crippen LogP contribution in [-0.2, 0) is 12.4 Å². The molecule has 0 spiro atoms. The summed E-state index contributed by atoms with van der Waals surface area (Å²) in [5.74, 6) is -0.362. The van der Waals surface area contributed by atoms with Crippen molar-refractivity contribution in [3.05, 3.63) is 68.7 Å². The Morgan fingerprint density at radius 3 is 1.58 bits per heavy atom. The predicted molar refractivity (Wildman–Crippen MR) is 90.1 cm³/mol. The maximum absolute atomic E-state index is 12.3. The molecule has 0 N–H and O–H groups in total. The van der Waals surface area contributed by atoms with Crippen LogP contribution in [0.2, 0.25) is 0 Å². The molecule has 1 nitrogen and oxygen atoms in total. The third-order valence-corrected chi connectivity index (χ3v) is 3.64. The number of aryl methyl sites for hydroxylation is 2. The van der Waals surface area contributed by atoms with Crippen molar-refractivity contribution in [1.82, 2.24) is 0 Å². The summed E-state index contributed by atoms with van der Waals surface area (Å²) in [6, 6.07) is 7.15. The highest BCUT2D eigenvalue weighted by Crippen LogP contribution is 2.32. The third kappa shape index (κ3) is 6.82. The van der Waals surface area contributed by atoms with Crippen molar-refractivity contribution in [3.63, 3.8) is 0 Å². The van der Waals surface area contributed by atoms with Crippen LogP contribution in [0.15, 0.2) is 40.9 Å². The summed E-state index contributed by atoms with van der Waals surface area (Å²) < 4.78 is 73.7. The number of halogens is 7. The normalized spacial score (nSPS) is 11.6. The van der Waals surface area contributed by atoms with Crippen molar-refractivity contribution >= 4 is 21.7 Å². The van der Waals surface area contributed by atoms with Gasteiger partial charge in [-0.15, -0.1) is 0 Å². The van der Waals surface area contributed by atoms with Crippen molar-refractivity contribution in [2.24, 2.45) is 0 Å². The lowest BCUT2D eigenvalue weighted by Crippen LogP contribution is -2.07. The van der Waals surface area contributed by atoms with Gasteiger partial charge >= 0.3 is 12.4 Å². The Kier molecular flexibility index (Phi) is 7.04. The number of hydrogen-bond acceptors (Lipinski definition) is 1. The van der Waals surface area contributed by atoms with E-state index in [0.29, 0.717) is 15.6 Å². The quantitative estimate of drug-likeness (QED) is 0.344. The SMILES string of the molecule is CC(=O)c1cc(C)cc(C(F)(F)F)c1.Cc1cc(Br)cc(C(F)(F)F)c1. The average Bonchev–Trinajstić information content (AvgIpc) is 2.44. The van der Waals surface area contributed by atoms with Crippen molar-refractivity contribution in [2.45, 2.75) is 33.1 Å². The highest BCUT2D eigenvalue weighted by Gasteiger charge is 2.31. The minimum absolute atomic E-state index is 0.0947. The monoisotopic (exact) mass is 440 g/mol. The maximum atomic E-state index is 12.3. The summed E-state index contributed by atoms with van der Waals surface area (Å²) in [7, 11) is 0. The van der Waals surface area contributed by atoms with Crippen LogP contribution >= 0.6 is 15.9 Å². The number of hydrogen-bond donors (Lipinski definition) is 0. The predicted octanol–water partition coefficient (Wildman–Crippen LogP) is 6.99. The van der Waals surface area contributed by atoms with Crippen LogP contribution in [0.5, 0.6) is 0 Å². The second-order valence-corrected chi connectivity index (χ2v) is 6.57. The molecule has 0 amide bonds. The third-order valence-electron chi connectivity index (χ3n) is 3.18. The molecule has 0 aliphatic rings. The molecule has 26 heavy (non-hydrogen) atoms. The van der Waals surface area contributed by atoms with Gasteiger partial charge in [-0.3, -0.25) is 4.79 Å². The van der Waals surface area contributed by atoms with E-state index in [1.807, 2.05) is 0 Å².